The van der Waals surface area contributed by atoms with Crippen molar-refractivity contribution in [2.75, 3.05) is 11.9 Å². The van der Waals surface area contributed by atoms with Crippen molar-refractivity contribution in [2.45, 2.75) is 19.1 Å². The molecule has 0 radical (unpaired) electrons. The minimum atomic E-state index is -4.51. The Labute approximate surface area is 145 Å². The van der Waals surface area contributed by atoms with Crippen LogP contribution in [0.1, 0.15) is 6.92 Å². The number of carbonyl (C=O) groups is 2. The summed E-state index contributed by atoms with van der Waals surface area (Å²) >= 11 is 1.14. The van der Waals surface area contributed by atoms with E-state index in [1.165, 1.54) is 6.92 Å². The van der Waals surface area contributed by atoms with Crippen molar-refractivity contribution in [3.8, 4) is 11.3 Å². The third kappa shape index (κ3) is 5.75. The fourth-order valence-electron chi connectivity index (χ4n) is 1.89. The zero-order valence-electron chi connectivity index (χ0n) is 13.1. The Morgan fingerprint density at radius 1 is 1.24 bits per heavy atom. The van der Waals surface area contributed by atoms with Crippen LogP contribution in [0.15, 0.2) is 35.7 Å². The molecule has 10 heteroatoms. The average molecular weight is 372 g/mol. The Hall–Kier alpha value is -2.62. The van der Waals surface area contributed by atoms with Crippen molar-refractivity contribution in [1.29, 1.82) is 0 Å². The molecule has 3 amide bonds. The van der Waals surface area contributed by atoms with E-state index in [9.17, 15) is 22.8 Å². The summed E-state index contributed by atoms with van der Waals surface area (Å²) in [4.78, 5) is 23.5. The van der Waals surface area contributed by atoms with E-state index in [0.29, 0.717) is 11.4 Å². The molecule has 6 nitrogen and oxygen atoms in total. The molecular weight excluding hydrogens is 357 g/mol. The predicted molar refractivity (Wildman–Crippen MR) is 88.2 cm³/mol. The van der Waals surface area contributed by atoms with Gasteiger partial charge in [-0.1, -0.05) is 30.3 Å². The lowest BCUT2D eigenvalue weighted by Crippen LogP contribution is -2.48. The molecule has 0 saturated carbocycles. The molecule has 1 unspecified atom stereocenters. The van der Waals surface area contributed by atoms with Crippen LogP contribution in [-0.4, -0.2) is 35.1 Å². The fourth-order valence-corrected chi connectivity index (χ4v) is 2.53. The van der Waals surface area contributed by atoms with Gasteiger partial charge in [0.15, 0.2) is 0 Å². The first kappa shape index (κ1) is 18.7. The number of alkyl halides is 3. The van der Waals surface area contributed by atoms with Crippen LogP contribution in [0.5, 0.6) is 0 Å². The van der Waals surface area contributed by atoms with Gasteiger partial charge in [0.1, 0.15) is 18.3 Å². The molecule has 1 atom stereocenters. The Balaban J connectivity index is 1.93. The highest BCUT2D eigenvalue weighted by Gasteiger charge is 2.29. The summed E-state index contributed by atoms with van der Waals surface area (Å²) in [5, 5.41) is 8.15. The second-order valence-corrected chi connectivity index (χ2v) is 5.73. The molecule has 0 bridgehead atoms. The van der Waals surface area contributed by atoms with Crippen molar-refractivity contribution in [3.63, 3.8) is 0 Å². The van der Waals surface area contributed by atoms with Gasteiger partial charge in [-0.3, -0.25) is 4.79 Å². The van der Waals surface area contributed by atoms with Crippen molar-refractivity contribution in [3.05, 3.63) is 35.7 Å². The summed E-state index contributed by atoms with van der Waals surface area (Å²) in [6.45, 7) is -0.165. The first-order valence-electron chi connectivity index (χ1n) is 7.18. The summed E-state index contributed by atoms with van der Waals surface area (Å²) in [6, 6.07) is 7.30. The lowest BCUT2D eigenvalue weighted by Gasteiger charge is -2.15. The molecule has 134 valence electrons. The molecule has 0 aliphatic carbocycles. The van der Waals surface area contributed by atoms with Crippen molar-refractivity contribution >= 4 is 29.2 Å². The Morgan fingerprint density at radius 2 is 1.92 bits per heavy atom. The van der Waals surface area contributed by atoms with E-state index in [1.54, 1.807) is 10.7 Å². The van der Waals surface area contributed by atoms with E-state index in [0.717, 1.165) is 17.1 Å². The first-order valence-corrected chi connectivity index (χ1v) is 8.01. The highest BCUT2D eigenvalue weighted by molar-refractivity contribution is 7.04. The molecule has 0 fully saturated rings. The number of carbonyl (C=O) groups excluding carboxylic acids is 2. The number of halogens is 3. The molecule has 1 aromatic carbocycles. The average Bonchev–Trinajstić information content (AvgIpc) is 3.00. The Bertz CT molecular complexity index is 734. The summed E-state index contributed by atoms with van der Waals surface area (Å²) in [5.74, 6) is -0.931. The number of urea groups is 1. The van der Waals surface area contributed by atoms with Gasteiger partial charge in [-0.25, -0.2) is 4.79 Å². The van der Waals surface area contributed by atoms with Gasteiger partial charge in [0.2, 0.25) is 5.91 Å². The van der Waals surface area contributed by atoms with E-state index < -0.39 is 30.7 Å². The number of nitrogens with one attached hydrogen (secondary N) is 3. The van der Waals surface area contributed by atoms with Gasteiger partial charge in [-0.2, -0.15) is 17.5 Å². The number of benzene rings is 1. The van der Waals surface area contributed by atoms with E-state index >= 15 is 0 Å². The number of aromatic nitrogens is 1. The normalized spacial score (nSPS) is 12.3. The Kier molecular flexibility index (Phi) is 5.97. The van der Waals surface area contributed by atoms with Crippen molar-refractivity contribution in [2.24, 2.45) is 0 Å². The smallest absolute Gasteiger partial charge is 0.345 e. The predicted octanol–water partition coefficient (Wildman–Crippen LogP) is 3.00. The number of rotatable bonds is 5. The van der Waals surface area contributed by atoms with Gasteiger partial charge in [0, 0.05) is 10.9 Å². The summed E-state index contributed by atoms with van der Waals surface area (Å²) < 4.78 is 40.4. The minimum absolute atomic E-state index is 0.441. The molecule has 1 heterocycles. The summed E-state index contributed by atoms with van der Waals surface area (Å²) in [7, 11) is 0. The van der Waals surface area contributed by atoms with Crippen molar-refractivity contribution in [1.82, 2.24) is 15.0 Å². The molecule has 1 aromatic heterocycles. The number of hydrogen-bond acceptors (Lipinski definition) is 4. The van der Waals surface area contributed by atoms with Gasteiger partial charge in [-0.15, -0.1) is 0 Å². The molecule has 0 aliphatic rings. The van der Waals surface area contributed by atoms with Gasteiger partial charge < -0.3 is 16.0 Å². The van der Waals surface area contributed by atoms with Gasteiger partial charge in [0.25, 0.3) is 0 Å². The maximum atomic E-state index is 12.1. The largest absolute Gasteiger partial charge is 0.405 e. The maximum Gasteiger partial charge on any atom is 0.405 e. The third-order valence-corrected chi connectivity index (χ3v) is 3.70. The van der Waals surface area contributed by atoms with Crippen LogP contribution in [0.2, 0.25) is 0 Å². The van der Waals surface area contributed by atoms with Gasteiger partial charge in [-0.05, 0) is 18.5 Å². The highest BCUT2D eigenvalue weighted by Crippen LogP contribution is 2.28. The SMILES string of the molecule is CC(NC(=O)Nc1csnc1-c1ccccc1)C(=O)NCC(F)(F)F. The van der Waals surface area contributed by atoms with Crippen LogP contribution in [0.4, 0.5) is 23.7 Å². The second kappa shape index (κ2) is 7.97. The molecular formula is C15H15F3N4O2S. The van der Waals surface area contributed by atoms with E-state index in [1.807, 2.05) is 30.3 Å². The van der Waals surface area contributed by atoms with E-state index in [4.69, 9.17) is 0 Å². The molecule has 2 aromatic rings. The lowest BCUT2D eigenvalue weighted by atomic mass is 10.1. The summed E-state index contributed by atoms with van der Waals surface area (Å²) in [5.41, 5.74) is 1.81. The van der Waals surface area contributed by atoms with Crippen LogP contribution in [0.25, 0.3) is 11.3 Å². The lowest BCUT2D eigenvalue weighted by molar-refractivity contribution is -0.139. The molecule has 0 saturated heterocycles. The van der Waals surface area contributed by atoms with E-state index in [-0.39, 0.29) is 0 Å². The van der Waals surface area contributed by atoms with Gasteiger partial charge in [0.05, 0.1) is 5.69 Å². The standard InChI is InChI=1S/C15H15F3N4O2S/c1-9(13(23)19-8-15(16,17)18)20-14(24)21-11-7-25-22-12(11)10-5-3-2-4-6-10/h2-7,9H,8H2,1H3,(H,19,23)(H2,20,21,24). The van der Waals surface area contributed by atoms with Crippen LogP contribution in [0, 0.1) is 0 Å². The molecule has 0 spiro atoms. The third-order valence-electron chi connectivity index (χ3n) is 3.07. The topological polar surface area (TPSA) is 83.1 Å². The van der Waals surface area contributed by atoms with Crippen molar-refractivity contribution < 1.29 is 22.8 Å². The first-order chi connectivity index (χ1) is 11.8. The number of hydrogen-bond donors (Lipinski definition) is 3. The number of anilines is 1. The number of nitrogens with zero attached hydrogens (tertiary/aromatic N) is 1. The highest BCUT2D eigenvalue weighted by atomic mass is 32.1. The van der Waals surface area contributed by atoms with Gasteiger partial charge >= 0.3 is 12.2 Å². The quantitative estimate of drug-likeness (QED) is 0.755. The summed E-state index contributed by atoms with van der Waals surface area (Å²) in [6.07, 6.45) is -4.51. The van der Waals surface area contributed by atoms with Crippen LogP contribution >= 0.6 is 11.5 Å². The van der Waals surface area contributed by atoms with E-state index in [2.05, 4.69) is 15.0 Å². The fraction of sp³-hybridized carbons (Fsp3) is 0.267. The zero-order chi connectivity index (χ0) is 18.4. The monoisotopic (exact) mass is 372 g/mol. The second-order valence-electron chi connectivity index (χ2n) is 5.10. The van der Waals surface area contributed by atoms with Crippen LogP contribution in [0.3, 0.4) is 0 Å². The molecule has 3 N–H and O–H groups in total. The molecule has 25 heavy (non-hydrogen) atoms. The zero-order valence-corrected chi connectivity index (χ0v) is 13.9. The minimum Gasteiger partial charge on any atom is -0.345 e. The maximum absolute atomic E-state index is 12.1. The molecule has 2 rings (SSSR count). The van der Waals surface area contributed by atoms with Crippen LogP contribution in [-0.2, 0) is 4.79 Å². The number of amides is 3. The molecule has 0 aliphatic heterocycles. The van der Waals surface area contributed by atoms with Crippen LogP contribution < -0.4 is 16.0 Å². The Morgan fingerprint density at radius 3 is 2.56 bits per heavy atom.